The van der Waals surface area contributed by atoms with Crippen molar-refractivity contribution >= 4 is 18.0 Å². The quantitative estimate of drug-likeness (QED) is 0.291. The molecule has 0 saturated carbocycles. The minimum Gasteiger partial charge on any atom is -0.467 e. The number of amides is 2. The Bertz CT molecular complexity index is 1650. The van der Waals surface area contributed by atoms with Gasteiger partial charge in [-0.05, 0) is 72.2 Å². The van der Waals surface area contributed by atoms with Gasteiger partial charge in [0.15, 0.2) is 0 Å². The number of ether oxygens (including phenoxy) is 3. The second kappa shape index (κ2) is 15.3. The number of nitrogens with one attached hydrogen (secondary N) is 2. The molecule has 0 radical (unpaired) electrons. The fourth-order valence-electron chi connectivity index (χ4n) is 5.65. The molecule has 3 aromatic rings. The summed E-state index contributed by atoms with van der Waals surface area (Å²) >= 11 is 0. The van der Waals surface area contributed by atoms with Gasteiger partial charge in [0.2, 0.25) is 0 Å². The van der Waals surface area contributed by atoms with Crippen LogP contribution in [0.3, 0.4) is 0 Å². The molecule has 1 saturated heterocycles. The maximum Gasteiger partial charge on any atom is 0.407 e. The van der Waals surface area contributed by atoms with Gasteiger partial charge in [0, 0.05) is 30.1 Å². The number of fused-ring (bicyclic) bond motifs is 3. The minimum absolute atomic E-state index is 0.0908. The molecule has 0 bridgehead atoms. The zero-order valence-corrected chi connectivity index (χ0v) is 26.2. The first kappa shape index (κ1) is 32.3. The van der Waals surface area contributed by atoms with Crippen molar-refractivity contribution in [3.8, 4) is 34.8 Å². The maximum atomic E-state index is 13.1. The van der Waals surface area contributed by atoms with Crippen LogP contribution >= 0.6 is 0 Å². The summed E-state index contributed by atoms with van der Waals surface area (Å²) < 4.78 is 15.9. The van der Waals surface area contributed by atoms with E-state index in [2.05, 4.69) is 51.3 Å². The number of rotatable bonds is 8. The Balaban J connectivity index is 1.15. The third-order valence-corrected chi connectivity index (χ3v) is 8.22. The molecule has 2 aliphatic rings. The SMILES string of the molecule is COC(=O)[C@@H](NC(=O)c1ccc(C#CC#C[C@@H](C)N2CCOCC2)cc1)[C@@H](C)NC(=O)OCC1c2ccccc2-c2ccccc21. The third-order valence-electron chi connectivity index (χ3n) is 8.22. The van der Waals surface area contributed by atoms with Crippen LogP contribution < -0.4 is 10.6 Å². The van der Waals surface area contributed by atoms with Crippen LogP contribution in [0.2, 0.25) is 0 Å². The van der Waals surface area contributed by atoms with Gasteiger partial charge < -0.3 is 24.8 Å². The number of hydrogen-bond acceptors (Lipinski definition) is 7. The van der Waals surface area contributed by atoms with E-state index in [0.717, 1.165) is 35.3 Å². The Labute approximate surface area is 269 Å². The number of nitrogens with zero attached hydrogens (tertiary/aromatic N) is 1. The first-order chi connectivity index (χ1) is 22.4. The van der Waals surface area contributed by atoms with Gasteiger partial charge in [0.25, 0.3) is 5.91 Å². The van der Waals surface area contributed by atoms with Crippen LogP contribution in [0.15, 0.2) is 72.8 Å². The molecule has 0 aromatic heterocycles. The van der Waals surface area contributed by atoms with Gasteiger partial charge in [0.05, 0.1) is 32.4 Å². The zero-order valence-electron chi connectivity index (χ0n) is 26.2. The Hall–Kier alpha value is -5.09. The van der Waals surface area contributed by atoms with E-state index in [9.17, 15) is 14.4 Å². The minimum atomic E-state index is -1.15. The average Bonchev–Trinajstić information content (AvgIpc) is 3.41. The summed E-state index contributed by atoms with van der Waals surface area (Å²) in [5, 5.41) is 5.35. The molecule has 3 aromatic carbocycles. The number of carbonyl (C=O) groups excluding carboxylic acids is 3. The van der Waals surface area contributed by atoms with Crippen molar-refractivity contribution in [2.24, 2.45) is 0 Å². The summed E-state index contributed by atoms with van der Waals surface area (Å²) in [6.45, 7) is 6.90. The van der Waals surface area contributed by atoms with Crippen LogP contribution in [0.25, 0.3) is 11.1 Å². The highest BCUT2D eigenvalue weighted by Gasteiger charge is 2.32. The number of alkyl carbamates (subject to hydrolysis) is 1. The van der Waals surface area contributed by atoms with Crippen molar-refractivity contribution in [2.75, 3.05) is 40.0 Å². The summed E-state index contributed by atoms with van der Waals surface area (Å²) in [5.41, 5.74) is 5.44. The van der Waals surface area contributed by atoms with E-state index in [-0.39, 0.29) is 18.6 Å². The lowest BCUT2D eigenvalue weighted by atomic mass is 9.98. The first-order valence-electron chi connectivity index (χ1n) is 15.3. The Morgan fingerprint density at radius 3 is 2.15 bits per heavy atom. The van der Waals surface area contributed by atoms with Crippen LogP contribution in [0.4, 0.5) is 4.79 Å². The summed E-state index contributed by atoms with van der Waals surface area (Å²) in [4.78, 5) is 40.8. The van der Waals surface area contributed by atoms with Crippen molar-refractivity contribution in [3.63, 3.8) is 0 Å². The molecular formula is C37H37N3O6. The van der Waals surface area contributed by atoms with E-state index in [1.807, 2.05) is 43.3 Å². The molecule has 5 rings (SSSR count). The Morgan fingerprint density at radius 2 is 1.52 bits per heavy atom. The number of carbonyl (C=O) groups is 3. The molecule has 2 amide bonds. The van der Waals surface area contributed by atoms with Crippen molar-refractivity contribution in [3.05, 3.63) is 95.1 Å². The van der Waals surface area contributed by atoms with Crippen molar-refractivity contribution in [2.45, 2.75) is 37.9 Å². The summed E-state index contributed by atoms with van der Waals surface area (Å²) in [7, 11) is 1.22. The predicted octanol–water partition coefficient (Wildman–Crippen LogP) is 3.96. The molecule has 46 heavy (non-hydrogen) atoms. The molecule has 0 unspecified atom stereocenters. The highest BCUT2D eigenvalue weighted by molar-refractivity contribution is 5.97. The summed E-state index contributed by atoms with van der Waals surface area (Å²) in [6, 6.07) is 20.9. The first-order valence-corrected chi connectivity index (χ1v) is 15.3. The maximum absolute atomic E-state index is 13.1. The third kappa shape index (κ3) is 7.76. The van der Waals surface area contributed by atoms with Crippen LogP contribution in [0.1, 0.15) is 46.8 Å². The van der Waals surface area contributed by atoms with Gasteiger partial charge in [-0.25, -0.2) is 9.59 Å². The Morgan fingerprint density at radius 1 is 0.891 bits per heavy atom. The van der Waals surface area contributed by atoms with Gasteiger partial charge in [-0.1, -0.05) is 60.4 Å². The number of morpholine rings is 1. The average molecular weight is 620 g/mol. The molecule has 1 aliphatic carbocycles. The second-order valence-electron chi connectivity index (χ2n) is 11.2. The zero-order chi connectivity index (χ0) is 32.5. The van der Waals surface area contributed by atoms with E-state index in [4.69, 9.17) is 14.2 Å². The van der Waals surface area contributed by atoms with Crippen LogP contribution in [0, 0.1) is 23.7 Å². The standard InChI is InChI=1S/C37H37N3O6/c1-25(40-20-22-45-23-21-40)10-4-5-11-27-16-18-28(19-17-27)35(41)39-34(36(42)44-3)26(2)38-37(43)46-24-33-31-14-8-6-12-29(31)30-13-7-9-15-32(30)33/h6-9,12-19,25-26,33-34H,20-24H2,1-3H3,(H,38,43)(H,39,41)/t25-,26-,34+/m1/s1. The highest BCUT2D eigenvalue weighted by atomic mass is 16.5. The van der Waals surface area contributed by atoms with Crippen molar-refractivity contribution < 1.29 is 28.6 Å². The molecule has 9 nitrogen and oxygen atoms in total. The number of methoxy groups -OCH3 is 1. The summed E-state index contributed by atoms with van der Waals surface area (Å²) in [5.74, 6) is 10.6. The molecule has 1 fully saturated rings. The fraction of sp³-hybridized carbons (Fsp3) is 0.324. The molecule has 0 spiro atoms. The van der Waals surface area contributed by atoms with E-state index < -0.39 is 30.1 Å². The lowest BCUT2D eigenvalue weighted by Crippen LogP contribution is -2.54. The van der Waals surface area contributed by atoms with E-state index in [1.165, 1.54) is 7.11 Å². The molecule has 3 atom stereocenters. The molecular weight excluding hydrogens is 582 g/mol. The molecule has 1 aliphatic heterocycles. The molecule has 2 N–H and O–H groups in total. The van der Waals surface area contributed by atoms with Crippen molar-refractivity contribution in [1.29, 1.82) is 0 Å². The molecule has 236 valence electrons. The summed E-state index contributed by atoms with van der Waals surface area (Å²) in [6.07, 6.45) is -0.706. The molecule has 9 heteroatoms. The monoisotopic (exact) mass is 619 g/mol. The number of benzene rings is 3. The number of esters is 1. The molecule has 1 heterocycles. The second-order valence-corrected chi connectivity index (χ2v) is 11.2. The lowest BCUT2D eigenvalue weighted by molar-refractivity contribution is -0.143. The van der Waals surface area contributed by atoms with E-state index in [1.54, 1.807) is 31.2 Å². The predicted molar refractivity (Wildman–Crippen MR) is 174 cm³/mol. The van der Waals surface area contributed by atoms with Gasteiger partial charge in [-0.15, -0.1) is 0 Å². The lowest BCUT2D eigenvalue weighted by Gasteiger charge is -2.29. The number of hydrogen-bond donors (Lipinski definition) is 2. The fourth-order valence-corrected chi connectivity index (χ4v) is 5.65. The Kier molecular flexibility index (Phi) is 10.7. The van der Waals surface area contributed by atoms with Crippen LogP contribution in [-0.2, 0) is 19.0 Å². The van der Waals surface area contributed by atoms with Gasteiger partial charge in [-0.3, -0.25) is 9.69 Å². The normalized spacial score (nSPS) is 15.7. The van der Waals surface area contributed by atoms with Crippen LogP contribution in [0.5, 0.6) is 0 Å². The van der Waals surface area contributed by atoms with Gasteiger partial charge in [-0.2, -0.15) is 0 Å². The largest absolute Gasteiger partial charge is 0.467 e. The topological polar surface area (TPSA) is 106 Å². The van der Waals surface area contributed by atoms with Gasteiger partial charge in [0.1, 0.15) is 12.6 Å². The smallest absolute Gasteiger partial charge is 0.407 e. The van der Waals surface area contributed by atoms with E-state index in [0.29, 0.717) is 24.3 Å². The van der Waals surface area contributed by atoms with Crippen molar-refractivity contribution in [1.82, 2.24) is 15.5 Å². The van der Waals surface area contributed by atoms with Crippen LogP contribution in [-0.4, -0.2) is 81.0 Å². The highest BCUT2D eigenvalue weighted by Crippen LogP contribution is 2.44. The van der Waals surface area contributed by atoms with E-state index >= 15 is 0 Å². The van der Waals surface area contributed by atoms with Gasteiger partial charge >= 0.3 is 12.1 Å².